The van der Waals surface area contributed by atoms with Crippen LogP contribution < -0.4 is 0 Å². The molecule has 3 heteroatoms. The standard InChI is InChI=1S/C10H20O2.C3H6O/c1-10(2,3)8-6-4-5-7-9(11)12;1-3-2-4-3/h4-8H2,1-3H3,(H,11,12);3H,2H2,1H3. The van der Waals surface area contributed by atoms with Gasteiger partial charge in [0.25, 0.3) is 0 Å². The SMILES string of the molecule is CC(C)(C)CCCCCC(=O)O.CC1CO1. The number of carboxylic acid groups (broad SMARTS) is 1. The maximum absolute atomic E-state index is 10.2. The minimum atomic E-state index is -0.675. The molecule has 3 nitrogen and oxygen atoms in total. The second-order valence-electron chi connectivity index (χ2n) is 5.66. The van der Waals surface area contributed by atoms with Crippen LogP contribution in [0.1, 0.15) is 59.8 Å². The maximum atomic E-state index is 10.2. The van der Waals surface area contributed by atoms with Crippen LogP contribution in [0.15, 0.2) is 0 Å². The summed E-state index contributed by atoms with van der Waals surface area (Å²) in [5.74, 6) is -0.675. The van der Waals surface area contributed by atoms with E-state index in [-0.39, 0.29) is 0 Å². The molecule has 0 aromatic carbocycles. The zero-order valence-corrected chi connectivity index (χ0v) is 11.1. The van der Waals surface area contributed by atoms with E-state index in [0.29, 0.717) is 17.9 Å². The fraction of sp³-hybridized carbons (Fsp3) is 0.923. The van der Waals surface area contributed by atoms with Crippen LogP contribution in [0.5, 0.6) is 0 Å². The Balaban J connectivity index is 0.000000462. The summed E-state index contributed by atoms with van der Waals surface area (Å²) in [5, 5.41) is 8.37. The van der Waals surface area contributed by atoms with Crippen LogP contribution in [-0.4, -0.2) is 23.8 Å². The van der Waals surface area contributed by atoms with Crippen molar-refractivity contribution in [2.75, 3.05) is 6.61 Å². The fourth-order valence-electron chi connectivity index (χ4n) is 1.20. The maximum Gasteiger partial charge on any atom is 0.303 e. The third-order valence-electron chi connectivity index (χ3n) is 2.32. The van der Waals surface area contributed by atoms with Gasteiger partial charge in [0.05, 0.1) is 12.7 Å². The number of hydrogen-bond donors (Lipinski definition) is 1. The first-order chi connectivity index (χ1) is 7.31. The van der Waals surface area contributed by atoms with E-state index in [2.05, 4.69) is 27.7 Å². The highest BCUT2D eigenvalue weighted by molar-refractivity contribution is 5.66. The van der Waals surface area contributed by atoms with Gasteiger partial charge in [-0.15, -0.1) is 0 Å². The van der Waals surface area contributed by atoms with Gasteiger partial charge < -0.3 is 9.84 Å². The molecule has 0 amide bonds. The molecule has 0 radical (unpaired) electrons. The average Bonchev–Trinajstić information content (AvgIpc) is 2.85. The van der Waals surface area contributed by atoms with Gasteiger partial charge in [-0.2, -0.15) is 0 Å². The van der Waals surface area contributed by atoms with E-state index in [9.17, 15) is 4.79 Å². The van der Waals surface area contributed by atoms with E-state index in [0.717, 1.165) is 25.9 Å². The van der Waals surface area contributed by atoms with Crippen LogP contribution in [0.4, 0.5) is 0 Å². The molecule has 1 N–H and O–H groups in total. The predicted octanol–water partition coefficient (Wildman–Crippen LogP) is 3.47. The van der Waals surface area contributed by atoms with Gasteiger partial charge in [-0.3, -0.25) is 4.79 Å². The smallest absolute Gasteiger partial charge is 0.303 e. The Morgan fingerprint density at radius 1 is 1.31 bits per heavy atom. The molecule has 0 aliphatic carbocycles. The number of ether oxygens (including phenoxy) is 1. The number of epoxide rings is 1. The van der Waals surface area contributed by atoms with Gasteiger partial charge in [-0.1, -0.05) is 33.6 Å². The molecule has 1 aliphatic rings. The van der Waals surface area contributed by atoms with Gasteiger partial charge in [-0.05, 0) is 25.2 Å². The van der Waals surface area contributed by atoms with Crippen molar-refractivity contribution in [3.05, 3.63) is 0 Å². The topological polar surface area (TPSA) is 49.8 Å². The Labute approximate surface area is 99.2 Å². The minimum absolute atomic E-state index is 0.324. The summed E-state index contributed by atoms with van der Waals surface area (Å²) in [6.45, 7) is 9.68. The van der Waals surface area contributed by atoms with E-state index < -0.39 is 5.97 Å². The molecule has 1 atom stereocenters. The van der Waals surface area contributed by atoms with Gasteiger partial charge >= 0.3 is 5.97 Å². The molecule has 96 valence electrons. The van der Waals surface area contributed by atoms with Gasteiger partial charge in [0, 0.05) is 6.42 Å². The highest BCUT2D eigenvalue weighted by Crippen LogP contribution is 2.22. The average molecular weight is 230 g/mol. The fourth-order valence-corrected chi connectivity index (χ4v) is 1.20. The highest BCUT2D eigenvalue weighted by atomic mass is 16.6. The van der Waals surface area contributed by atoms with Crippen molar-refractivity contribution in [2.45, 2.75) is 65.9 Å². The molecule has 0 saturated carbocycles. The van der Waals surface area contributed by atoms with E-state index in [1.54, 1.807) is 0 Å². The van der Waals surface area contributed by atoms with Crippen molar-refractivity contribution in [1.82, 2.24) is 0 Å². The zero-order valence-electron chi connectivity index (χ0n) is 11.1. The highest BCUT2D eigenvalue weighted by Gasteiger charge is 2.13. The molecule has 1 fully saturated rings. The first-order valence-corrected chi connectivity index (χ1v) is 6.14. The number of rotatable bonds is 5. The quantitative estimate of drug-likeness (QED) is 0.581. The molecule has 0 aromatic heterocycles. The summed E-state index contributed by atoms with van der Waals surface area (Å²) in [5.41, 5.74) is 0.392. The number of unbranched alkanes of at least 4 members (excludes halogenated alkanes) is 2. The predicted molar refractivity (Wildman–Crippen MR) is 65.6 cm³/mol. The van der Waals surface area contributed by atoms with Crippen molar-refractivity contribution < 1.29 is 14.6 Å². The van der Waals surface area contributed by atoms with Gasteiger partial charge in [-0.25, -0.2) is 0 Å². The zero-order chi connectivity index (χ0) is 12.6. The Bertz CT molecular complexity index is 190. The summed E-state index contributed by atoms with van der Waals surface area (Å²) in [4.78, 5) is 10.2. The van der Waals surface area contributed by atoms with Crippen LogP contribution in [0, 0.1) is 5.41 Å². The van der Waals surface area contributed by atoms with E-state index in [4.69, 9.17) is 9.84 Å². The Morgan fingerprint density at radius 2 is 1.81 bits per heavy atom. The van der Waals surface area contributed by atoms with Crippen LogP contribution in [-0.2, 0) is 9.53 Å². The number of hydrogen-bond acceptors (Lipinski definition) is 2. The summed E-state index contributed by atoms with van der Waals surface area (Å²) < 4.78 is 4.71. The summed E-state index contributed by atoms with van der Waals surface area (Å²) in [7, 11) is 0. The Morgan fingerprint density at radius 3 is 2.12 bits per heavy atom. The van der Waals surface area contributed by atoms with Crippen molar-refractivity contribution in [3.63, 3.8) is 0 Å². The second kappa shape index (κ2) is 7.66. The van der Waals surface area contributed by atoms with Crippen molar-refractivity contribution in [2.24, 2.45) is 5.41 Å². The normalized spacial score (nSPS) is 18.6. The molecule has 1 heterocycles. The second-order valence-corrected chi connectivity index (χ2v) is 5.66. The lowest BCUT2D eigenvalue weighted by Gasteiger charge is -2.17. The molecule has 1 saturated heterocycles. The first-order valence-electron chi connectivity index (χ1n) is 6.14. The van der Waals surface area contributed by atoms with Crippen LogP contribution >= 0.6 is 0 Å². The Hall–Kier alpha value is -0.570. The molecule has 1 unspecified atom stereocenters. The summed E-state index contributed by atoms with van der Waals surface area (Å²) in [6.07, 6.45) is 5.11. The summed E-state index contributed by atoms with van der Waals surface area (Å²) >= 11 is 0. The Kier molecular flexibility index (Phi) is 7.39. The molecule has 16 heavy (non-hydrogen) atoms. The lowest BCUT2D eigenvalue weighted by Crippen LogP contribution is -2.04. The molecule has 0 bridgehead atoms. The van der Waals surface area contributed by atoms with Crippen LogP contribution in [0.25, 0.3) is 0 Å². The van der Waals surface area contributed by atoms with Crippen LogP contribution in [0.2, 0.25) is 0 Å². The number of carboxylic acids is 1. The molecule has 0 aromatic rings. The monoisotopic (exact) mass is 230 g/mol. The largest absolute Gasteiger partial charge is 0.481 e. The number of aliphatic carboxylic acids is 1. The van der Waals surface area contributed by atoms with Gasteiger partial charge in [0.15, 0.2) is 0 Å². The van der Waals surface area contributed by atoms with Gasteiger partial charge in [0.2, 0.25) is 0 Å². The summed E-state index contributed by atoms with van der Waals surface area (Å²) in [6, 6.07) is 0. The lowest BCUT2D eigenvalue weighted by atomic mass is 9.89. The van der Waals surface area contributed by atoms with E-state index >= 15 is 0 Å². The third-order valence-corrected chi connectivity index (χ3v) is 2.32. The third kappa shape index (κ3) is 15.9. The molecular weight excluding hydrogens is 204 g/mol. The first kappa shape index (κ1) is 15.4. The van der Waals surface area contributed by atoms with Crippen LogP contribution in [0.3, 0.4) is 0 Å². The van der Waals surface area contributed by atoms with E-state index in [1.165, 1.54) is 6.42 Å². The molecule has 1 aliphatic heterocycles. The molecule has 1 rings (SSSR count). The van der Waals surface area contributed by atoms with Gasteiger partial charge in [0.1, 0.15) is 0 Å². The van der Waals surface area contributed by atoms with Crippen molar-refractivity contribution in [1.29, 1.82) is 0 Å². The van der Waals surface area contributed by atoms with E-state index in [1.807, 2.05) is 0 Å². The van der Waals surface area contributed by atoms with Crippen molar-refractivity contribution in [3.8, 4) is 0 Å². The minimum Gasteiger partial charge on any atom is -0.481 e. The number of carbonyl (C=O) groups is 1. The molecular formula is C13H26O3. The lowest BCUT2D eigenvalue weighted by molar-refractivity contribution is -0.137. The molecule has 0 spiro atoms. The van der Waals surface area contributed by atoms with Crippen molar-refractivity contribution >= 4 is 5.97 Å².